The van der Waals surface area contributed by atoms with Crippen LogP contribution < -0.4 is 0 Å². The summed E-state index contributed by atoms with van der Waals surface area (Å²) in [5.74, 6) is 0.733. The van der Waals surface area contributed by atoms with Gasteiger partial charge < -0.3 is 4.79 Å². The number of carbonyl (C=O) groups excluding carboxylic acids is 1. The molecule has 0 saturated heterocycles. The van der Waals surface area contributed by atoms with E-state index in [-0.39, 0.29) is 0 Å². The molecule has 1 aliphatic rings. The number of carbonyl (C=O) groups is 1. The van der Waals surface area contributed by atoms with Crippen molar-refractivity contribution in [3.05, 3.63) is 35.4 Å². The van der Waals surface area contributed by atoms with Gasteiger partial charge in [-0.1, -0.05) is 30.7 Å². The van der Waals surface area contributed by atoms with Crippen LogP contribution in [0.15, 0.2) is 24.3 Å². The minimum absolute atomic E-state index is 0.576. The van der Waals surface area contributed by atoms with Crippen LogP contribution in [0, 0.1) is 0 Å². The number of hydrogen-bond donors (Lipinski definition) is 0. The molecular weight excluding hydrogens is 160 g/mol. The first-order valence-corrected chi connectivity index (χ1v) is 4.93. The van der Waals surface area contributed by atoms with Crippen LogP contribution in [0.4, 0.5) is 0 Å². The van der Waals surface area contributed by atoms with Crippen LogP contribution in [0.2, 0.25) is 0 Å². The fourth-order valence-corrected chi connectivity index (χ4v) is 1.93. The first kappa shape index (κ1) is 8.49. The Morgan fingerprint density at radius 3 is 2.69 bits per heavy atom. The molecule has 0 heterocycles. The van der Waals surface area contributed by atoms with Crippen LogP contribution in [0.5, 0.6) is 0 Å². The molecule has 1 heteroatoms. The SMILES string of the molecule is O=CCc1ccccc1C1CCC1. The quantitative estimate of drug-likeness (QED) is 0.644. The summed E-state index contributed by atoms with van der Waals surface area (Å²) in [5.41, 5.74) is 2.63. The first-order valence-electron chi connectivity index (χ1n) is 4.93. The molecule has 1 aromatic carbocycles. The van der Waals surface area contributed by atoms with Gasteiger partial charge in [0.2, 0.25) is 0 Å². The van der Waals surface area contributed by atoms with E-state index in [2.05, 4.69) is 18.2 Å². The summed E-state index contributed by atoms with van der Waals surface area (Å²) < 4.78 is 0. The van der Waals surface area contributed by atoms with Gasteiger partial charge in [0, 0.05) is 6.42 Å². The van der Waals surface area contributed by atoms with Gasteiger partial charge in [0.15, 0.2) is 0 Å². The van der Waals surface area contributed by atoms with Gasteiger partial charge in [0.05, 0.1) is 0 Å². The van der Waals surface area contributed by atoms with Gasteiger partial charge in [-0.2, -0.15) is 0 Å². The first-order chi connectivity index (χ1) is 6.42. The van der Waals surface area contributed by atoms with Gasteiger partial charge in [0.1, 0.15) is 6.29 Å². The predicted octanol–water partition coefficient (Wildman–Crippen LogP) is 2.70. The molecule has 1 aliphatic carbocycles. The van der Waals surface area contributed by atoms with E-state index in [0.717, 1.165) is 12.2 Å². The van der Waals surface area contributed by atoms with Crippen molar-refractivity contribution in [2.75, 3.05) is 0 Å². The highest BCUT2D eigenvalue weighted by Gasteiger charge is 2.21. The van der Waals surface area contributed by atoms with Crippen LogP contribution in [-0.2, 0) is 11.2 Å². The van der Waals surface area contributed by atoms with Crippen LogP contribution in [0.3, 0.4) is 0 Å². The molecule has 1 fully saturated rings. The lowest BCUT2D eigenvalue weighted by molar-refractivity contribution is -0.107. The van der Waals surface area contributed by atoms with E-state index in [1.54, 1.807) is 0 Å². The van der Waals surface area contributed by atoms with Crippen molar-refractivity contribution >= 4 is 6.29 Å². The van der Waals surface area contributed by atoms with E-state index in [0.29, 0.717) is 6.42 Å². The topological polar surface area (TPSA) is 17.1 Å². The summed E-state index contributed by atoms with van der Waals surface area (Å²) in [6.07, 6.45) is 5.52. The number of aldehydes is 1. The fraction of sp³-hybridized carbons (Fsp3) is 0.417. The molecule has 0 unspecified atom stereocenters. The Labute approximate surface area is 78.8 Å². The Bertz CT molecular complexity index is 300. The highest BCUT2D eigenvalue weighted by molar-refractivity contribution is 5.56. The minimum atomic E-state index is 0.576. The van der Waals surface area contributed by atoms with Crippen molar-refractivity contribution in [2.24, 2.45) is 0 Å². The monoisotopic (exact) mass is 174 g/mol. The summed E-state index contributed by atoms with van der Waals surface area (Å²) in [6, 6.07) is 8.33. The van der Waals surface area contributed by atoms with E-state index in [1.165, 1.54) is 30.4 Å². The molecule has 0 radical (unpaired) electrons. The summed E-state index contributed by atoms with van der Waals surface area (Å²) in [7, 11) is 0. The molecule has 1 saturated carbocycles. The Kier molecular flexibility index (Phi) is 2.44. The second-order valence-corrected chi connectivity index (χ2v) is 3.70. The lowest BCUT2D eigenvalue weighted by Gasteiger charge is -2.27. The molecule has 1 nitrogen and oxygen atoms in total. The zero-order chi connectivity index (χ0) is 9.10. The summed E-state index contributed by atoms with van der Waals surface area (Å²) in [4.78, 5) is 10.5. The van der Waals surface area contributed by atoms with Crippen LogP contribution >= 0.6 is 0 Å². The summed E-state index contributed by atoms with van der Waals surface area (Å²) >= 11 is 0. The maximum Gasteiger partial charge on any atom is 0.124 e. The molecule has 0 amide bonds. The van der Waals surface area contributed by atoms with Crippen LogP contribution in [-0.4, -0.2) is 6.29 Å². The predicted molar refractivity (Wildman–Crippen MR) is 52.8 cm³/mol. The van der Waals surface area contributed by atoms with Gasteiger partial charge in [-0.3, -0.25) is 0 Å². The highest BCUT2D eigenvalue weighted by Crippen LogP contribution is 2.37. The van der Waals surface area contributed by atoms with Crippen molar-refractivity contribution in [3.63, 3.8) is 0 Å². The molecule has 2 rings (SSSR count). The normalized spacial score (nSPS) is 16.6. The molecule has 1 aromatic rings. The van der Waals surface area contributed by atoms with Crippen molar-refractivity contribution in [1.82, 2.24) is 0 Å². The number of rotatable bonds is 3. The average molecular weight is 174 g/mol. The number of hydrogen-bond acceptors (Lipinski definition) is 1. The molecule has 13 heavy (non-hydrogen) atoms. The molecule has 0 aromatic heterocycles. The molecule has 0 aliphatic heterocycles. The Balaban J connectivity index is 2.25. The molecule has 0 atom stereocenters. The summed E-state index contributed by atoms with van der Waals surface area (Å²) in [5, 5.41) is 0. The molecule has 0 bridgehead atoms. The zero-order valence-corrected chi connectivity index (χ0v) is 7.70. The van der Waals surface area contributed by atoms with Crippen molar-refractivity contribution in [2.45, 2.75) is 31.6 Å². The minimum Gasteiger partial charge on any atom is -0.303 e. The van der Waals surface area contributed by atoms with Gasteiger partial charge >= 0.3 is 0 Å². The standard InChI is InChI=1S/C12H14O/c13-9-8-11-4-1-2-7-12(11)10-5-3-6-10/h1-2,4,7,9-10H,3,5-6,8H2. The maximum atomic E-state index is 10.5. The fourth-order valence-electron chi connectivity index (χ4n) is 1.93. The third kappa shape index (κ3) is 1.64. The van der Waals surface area contributed by atoms with Gasteiger partial charge in [-0.05, 0) is 29.9 Å². The second-order valence-electron chi connectivity index (χ2n) is 3.70. The molecule has 0 spiro atoms. The molecular formula is C12H14O. The smallest absolute Gasteiger partial charge is 0.124 e. The molecule has 0 N–H and O–H groups in total. The van der Waals surface area contributed by atoms with Crippen molar-refractivity contribution < 1.29 is 4.79 Å². The van der Waals surface area contributed by atoms with Gasteiger partial charge in [-0.15, -0.1) is 0 Å². The lowest BCUT2D eigenvalue weighted by Crippen LogP contribution is -2.11. The largest absolute Gasteiger partial charge is 0.303 e. The van der Waals surface area contributed by atoms with Crippen molar-refractivity contribution in [1.29, 1.82) is 0 Å². The second kappa shape index (κ2) is 3.73. The Morgan fingerprint density at radius 1 is 1.31 bits per heavy atom. The van der Waals surface area contributed by atoms with E-state index in [9.17, 15) is 4.79 Å². The Hall–Kier alpha value is -1.11. The van der Waals surface area contributed by atoms with E-state index >= 15 is 0 Å². The molecule has 68 valence electrons. The van der Waals surface area contributed by atoms with E-state index in [4.69, 9.17) is 0 Å². The van der Waals surface area contributed by atoms with E-state index < -0.39 is 0 Å². The third-order valence-corrected chi connectivity index (χ3v) is 2.90. The maximum absolute atomic E-state index is 10.5. The highest BCUT2D eigenvalue weighted by atomic mass is 16.1. The lowest BCUT2D eigenvalue weighted by atomic mass is 9.78. The van der Waals surface area contributed by atoms with E-state index in [1.807, 2.05) is 6.07 Å². The van der Waals surface area contributed by atoms with Crippen LogP contribution in [0.25, 0.3) is 0 Å². The summed E-state index contributed by atoms with van der Waals surface area (Å²) in [6.45, 7) is 0. The Morgan fingerprint density at radius 2 is 2.08 bits per heavy atom. The average Bonchev–Trinajstić information content (AvgIpc) is 2.05. The van der Waals surface area contributed by atoms with Crippen molar-refractivity contribution in [3.8, 4) is 0 Å². The van der Waals surface area contributed by atoms with Gasteiger partial charge in [-0.25, -0.2) is 0 Å². The zero-order valence-electron chi connectivity index (χ0n) is 7.70. The third-order valence-electron chi connectivity index (χ3n) is 2.90. The number of benzene rings is 1. The van der Waals surface area contributed by atoms with Gasteiger partial charge in [0.25, 0.3) is 0 Å². The van der Waals surface area contributed by atoms with Crippen LogP contribution in [0.1, 0.15) is 36.3 Å².